The second-order valence-electron chi connectivity index (χ2n) is 7.74. The Bertz CT molecular complexity index is 1080. The average molecular weight is 389 g/mol. The summed E-state index contributed by atoms with van der Waals surface area (Å²) in [5.74, 6) is 0.404. The predicted molar refractivity (Wildman–Crippen MR) is 108 cm³/mol. The third-order valence-electron chi connectivity index (χ3n) is 5.38. The first kappa shape index (κ1) is 19.0. The van der Waals surface area contributed by atoms with Gasteiger partial charge in [-0.25, -0.2) is 4.98 Å². The summed E-state index contributed by atoms with van der Waals surface area (Å²) in [6.07, 6.45) is 6.26. The Morgan fingerprint density at radius 3 is 3.03 bits per heavy atom. The number of rotatable bonds is 4. The molecule has 148 valence electrons. The van der Waals surface area contributed by atoms with Gasteiger partial charge in [0.15, 0.2) is 0 Å². The number of aromatic hydroxyl groups is 1. The topological polar surface area (TPSA) is 93.7 Å². The highest BCUT2D eigenvalue weighted by Gasteiger charge is 2.28. The van der Waals surface area contributed by atoms with Gasteiger partial charge in [-0.2, -0.15) is 5.26 Å². The molecule has 7 nitrogen and oxygen atoms in total. The van der Waals surface area contributed by atoms with Crippen molar-refractivity contribution in [3.05, 3.63) is 65.7 Å². The van der Waals surface area contributed by atoms with Gasteiger partial charge in [-0.15, -0.1) is 0 Å². The van der Waals surface area contributed by atoms with Gasteiger partial charge in [-0.3, -0.25) is 4.79 Å². The van der Waals surface area contributed by atoms with Crippen molar-refractivity contribution in [2.24, 2.45) is 5.92 Å². The van der Waals surface area contributed by atoms with Crippen LogP contribution >= 0.6 is 0 Å². The van der Waals surface area contributed by atoms with Gasteiger partial charge < -0.3 is 19.7 Å². The van der Waals surface area contributed by atoms with E-state index in [1.165, 1.54) is 0 Å². The van der Waals surface area contributed by atoms with Crippen molar-refractivity contribution in [2.75, 3.05) is 13.1 Å². The number of fused-ring (bicyclic) bond motifs is 1. The molecule has 1 saturated heterocycles. The third-order valence-corrected chi connectivity index (χ3v) is 5.38. The molecule has 2 N–H and O–H groups in total. The molecule has 3 aromatic rings. The van der Waals surface area contributed by atoms with Crippen molar-refractivity contribution < 1.29 is 9.90 Å². The molecule has 1 aliphatic heterocycles. The molecular weight excluding hydrogens is 366 g/mol. The van der Waals surface area contributed by atoms with Crippen LogP contribution in [-0.2, 0) is 6.54 Å². The van der Waals surface area contributed by atoms with E-state index < -0.39 is 0 Å². The number of aromatic nitrogens is 2. The van der Waals surface area contributed by atoms with E-state index in [1.807, 2.05) is 33.7 Å². The molecule has 1 amide bonds. The SMILES string of the molecule is C[C@@H]1C[C@H](NCc2ccc(O)c(C#N)c2)CN(C(=O)c2ccc3cncn3c2)C1. The summed E-state index contributed by atoms with van der Waals surface area (Å²) in [5.41, 5.74) is 2.81. The molecule has 1 fully saturated rings. The molecule has 7 heteroatoms. The summed E-state index contributed by atoms with van der Waals surface area (Å²) in [7, 11) is 0. The van der Waals surface area contributed by atoms with E-state index in [4.69, 9.17) is 5.26 Å². The smallest absolute Gasteiger partial charge is 0.255 e. The summed E-state index contributed by atoms with van der Waals surface area (Å²) in [4.78, 5) is 19.1. The minimum Gasteiger partial charge on any atom is -0.507 e. The van der Waals surface area contributed by atoms with Crippen LogP contribution in [0.25, 0.3) is 5.52 Å². The number of phenols is 1. The van der Waals surface area contributed by atoms with Crippen LogP contribution in [0, 0.1) is 17.2 Å². The van der Waals surface area contributed by atoms with Crippen LogP contribution in [0.5, 0.6) is 5.75 Å². The number of nitriles is 1. The molecule has 4 rings (SSSR count). The molecule has 0 unspecified atom stereocenters. The summed E-state index contributed by atoms with van der Waals surface area (Å²) in [5, 5.41) is 22.2. The summed E-state index contributed by atoms with van der Waals surface area (Å²) < 4.78 is 1.86. The number of imidazole rings is 1. The largest absolute Gasteiger partial charge is 0.507 e. The van der Waals surface area contributed by atoms with E-state index in [0.29, 0.717) is 24.6 Å². The zero-order valence-corrected chi connectivity index (χ0v) is 16.2. The van der Waals surface area contributed by atoms with Crippen LogP contribution in [0.1, 0.15) is 34.8 Å². The zero-order chi connectivity index (χ0) is 20.4. The van der Waals surface area contributed by atoms with Gasteiger partial charge in [0.25, 0.3) is 5.91 Å². The van der Waals surface area contributed by atoms with E-state index in [2.05, 4.69) is 17.2 Å². The highest BCUT2D eigenvalue weighted by Crippen LogP contribution is 2.21. The molecule has 3 heterocycles. The van der Waals surface area contributed by atoms with Crippen LogP contribution in [0.15, 0.2) is 49.1 Å². The van der Waals surface area contributed by atoms with Gasteiger partial charge in [0, 0.05) is 31.9 Å². The maximum Gasteiger partial charge on any atom is 0.255 e. The van der Waals surface area contributed by atoms with Crippen molar-refractivity contribution in [1.29, 1.82) is 5.26 Å². The van der Waals surface area contributed by atoms with Crippen molar-refractivity contribution in [3.63, 3.8) is 0 Å². The van der Waals surface area contributed by atoms with E-state index in [-0.39, 0.29) is 23.3 Å². The van der Waals surface area contributed by atoms with Gasteiger partial charge in [-0.1, -0.05) is 13.0 Å². The maximum absolute atomic E-state index is 13.1. The molecule has 1 aliphatic rings. The van der Waals surface area contributed by atoms with Gasteiger partial charge in [0.2, 0.25) is 0 Å². The molecule has 0 spiro atoms. The number of nitrogens with zero attached hydrogens (tertiary/aromatic N) is 4. The number of carbonyl (C=O) groups is 1. The Kier molecular flexibility index (Phi) is 5.19. The van der Waals surface area contributed by atoms with Crippen LogP contribution in [0.3, 0.4) is 0 Å². The van der Waals surface area contributed by atoms with Crippen LogP contribution < -0.4 is 5.32 Å². The third kappa shape index (κ3) is 4.08. The first-order chi connectivity index (χ1) is 14.0. The minimum atomic E-state index is -0.00540. The molecular formula is C22H23N5O2. The molecule has 1 aromatic carbocycles. The minimum absolute atomic E-state index is 0.00540. The predicted octanol–water partition coefficient (Wildman–Crippen LogP) is 2.55. The van der Waals surface area contributed by atoms with Crippen molar-refractivity contribution >= 4 is 11.4 Å². The number of benzene rings is 1. The molecule has 0 radical (unpaired) electrons. The Morgan fingerprint density at radius 1 is 1.34 bits per heavy atom. The molecule has 2 aromatic heterocycles. The quantitative estimate of drug-likeness (QED) is 0.715. The van der Waals surface area contributed by atoms with E-state index >= 15 is 0 Å². The van der Waals surface area contributed by atoms with Crippen molar-refractivity contribution in [2.45, 2.75) is 25.9 Å². The number of amides is 1. The Labute approximate surface area is 169 Å². The second kappa shape index (κ2) is 7.94. The molecule has 0 bridgehead atoms. The normalized spacial score (nSPS) is 19.2. The standard InChI is InChI=1S/C22H23N5O2/c1-15-6-19(25-9-16-2-5-21(28)18(7-16)8-23)13-26(11-15)22(29)17-3-4-20-10-24-14-27(20)12-17/h2-5,7,10,12,14-15,19,25,28H,6,9,11,13H2,1H3/t15-,19+/m1/s1. The lowest BCUT2D eigenvalue weighted by Crippen LogP contribution is -2.50. The van der Waals surface area contributed by atoms with Crippen LogP contribution in [-0.4, -0.2) is 44.4 Å². The van der Waals surface area contributed by atoms with Crippen molar-refractivity contribution in [3.8, 4) is 11.8 Å². The summed E-state index contributed by atoms with van der Waals surface area (Å²) in [6.45, 7) is 4.10. The van der Waals surface area contributed by atoms with Crippen LogP contribution in [0.4, 0.5) is 0 Å². The summed E-state index contributed by atoms with van der Waals surface area (Å²) in [6, 6.07) is 11.0. The highest BCUT2D eigenvalue weighted by atomic mass is 16.3. The van der Waals surface area contributed by atoms with Gasteiger partial charge >= 0.3 is 0 Å². The van der Waals surface area contributed by atoms with E-state index in [9.17, 15) is 9.90 Å². The second-order valence-corrected chi connectivity index (χ2v) is 7.74. The first-order valence-electron chi connectivity index (χ1n) is 9.70. The number of likely N-dealkylation sites (tertiary alicyclic amines) is 1. The monoisotopic (exact) mass is 389 g/mol. The van der Waals surface area contributed by atoms with Crippen molar-refractivity contribution in [1.82, 2.24) is 19.6 Å². The fraction of sp³-hybridized carbons (Fsp3) is 0.318. The Morgan fingerprint density at radius 2 is 2.21 bits per heavy atom. The number of piperidine rings is 1. The van der Waals surface area contributed by atoms with Gasteiger partial charge in [0.05, 0.1) is 29.2 Å². The Hall–Kier alpha value is -3.37. The number of phenolic OH excluding ortho intramolecular Hbond substituents is 1. The number of hydrogen-bond donors (Lipinski definition) is 2. The molecule has 0 aliphatic carbocycles. The highest BCUT2D eigenvalue weighted by molar-refractivity contribution is 5.94. The number of hydrogen-bond acceptors (Lipinski definition) is 5. The lowest BCUT2D eigenvalue weighted by atomic mass is 9.95. The maximum atomic E-state index is 13.1. The van der Waals surface area contributed by atoms with E-state index in [0.717, 1.165) is 24.0 Å². The molecule has 2 atom stereocenters. The number of pyridine rings is 1. The summed E-state index contributed by atoms with van der Waals surface area (Å²) >= 11 is 0. The zero-order valence-electron chi connectivity index (χ0n) is 16.2. The first-order valence-corrected chi connectivity index (χ1v) is 9.70. The number of carbonyl (C=O) groups excluding carboxylic acids is 1. The average Bonchev–Trinajstić information content (AvgIpc) is 3.20. The lowest BCUT2D eigenvalue weighted by molar-refractivity contribution is 0.0639. The van der Waals surface area contributed by atoms with Crippen LogP contribution in [0.2, 0.25) is 0 Å². The Balaban J connectivity index is 1.43. The van der Waals surface area contributed by atoms with Gasteiger partial charge in [0.1, 0.15) is 11.8 Å². The fourth-order valence-electron chi connectivity index (χ4n) is 3.94. The molecule has 0 saturated carbocycles. The number of nitrogens with one attached hydrogen (secondary N) is 1. The molecule has 29 heavy (non-hydrogen) atoms. The fourth-order valence-corrected chi connectivity index (χ4v) is 3.94. The lowest BCUT2D eigenvalue weighted by Gasteiger charge is -2.37. The van der Waals surface area contributed by atoms with Gasteiger partial charge in [-0.05, 0) is 42.2 Å². The van der Waals surface area contributed by atoms with E-state index in [1.54, 1.807) is 30.7 Å².